The zero-order chi connectivity index (χ0) is 19.3. The van der Waals surface area contributed by atoms with Crippen LogP contribution in [0.15, 0.2) is 10.9 Å². The van der Waals surface area contributed by atoms with Gasteiger partial charge in [-0.25, -0.2) is 9.97 Å². The molecule has 4 heterocycles. The fraction of sp³-hybridized carbons (Fsp3) is 0.571. The first-order valence-corrected chi connectivity index (χ1v) is 11.1. The maximum Gasteiger partial charge on any atom is 0.141 e. The number of hydrogen-bond acceptors (Lipinski definition) is 7. The van der Waals surface area contributed by atoms with E-state index in [2.05, 4.69) is 26.9 Å². The summed E-state index contributed by atoms with van der Waals surface area (Å²) in [6, 6.07) is 0. The second-order valence-electron chi connectivity index (χ2n) is 8.30. The predicted molar refractivity (Wildman–Crippen MR) is 112 cm³/mol. The Labute approximate surface area is 169 Å². The average Bonchev–Trinajstić information content (AvgIpc) is 3.22. The third-order valence-electron chi connectivity index (χ3n) is 6.31. The van der Waals surface area contributed by atoms with Gasteiger partial charge in [-0.3, -0.25) is 4.90 Å². The summed E-state index contributed by atoms with van der Waals surface area (Å²) in [5, 5.41) is 5.42. The largest absolute Gasteiger partial charge is 0.361 e. The average molecular weight is 398 g/mol. The monoisotopic (exact) mass is 397 g/mol. The lowest BCUT2D eigenvalue weighted by Crippen LogP contribution is -2.46. The minimum Gasteiger partial charge on any atom is -0.361 e. The molecule has 3 aromatic heterocycles. The van der Waals surface area contributed by atoms with Gasteiger partial charge in [-0.15, -0.1) is 11.3 Å². The lowest BCUT2D eigenvalue weighted by Gasteiger charge is -2.35. The van der Waals surface area contributed by atoms with Crippen LogP contribution in [0, 0.1) is 19.8 Å². The molecule has 1 fully saturated rings. The number of aryl methyl sites for hydroxylation is 3. The molecule has 1 atom stereocenters. The van der Waals surface area contributed by atoms with E-state index in [4.69, 9.17) is 9.51 Å². The zero-order valence-corrected chi connectivity index (χ0v) is 17.7. The van der Waals surface area contributed by atoms with Crippen molar-refractivity contribution < 1.29 is 4.52 Å². The molecule has 28 heavy (non-hydrogen) atoms. The van der Waals surface area contributed by atoms with Crippen molar-refractivity contribution in [3.8, 4) is 0 Å². The maximum atomic E-state index is 5.32. The molecule has 1 saturated heterocycles. The Morgan fingerprint density at radius 2 is 2.00 bits per heavy atom. The van der Waals surface area contributed by atoms with Crippen molar-refractivity contribution in [3.05, 3.63) is 33.8 Å². The molecule has 3 aromatic rings. The summed E-state index contributed by atoms with van der Waals surface area (Å²) in [5.41, 5.74) is 3.77. The van der Waals surface area contributed by atoms with Gasteiger partial charge in [0.2, 0.25) is 0 Å². The molecule has 1 aliphatic heterocycles. The Balaban J connectivity index is 1.36. The number of fused-ring (bicyclic) bond motifs is 3. The van der Waals surface area contributed by atoms with Crippen LogP contribution < -0.4 is 4.90 Å². The fourth-order valence-electron chi connectivity index (χ4n) is 4.57. The SMILES string of the molecule is Cc1noc(C)c1CN1CCN(c2ncnc3sc4c(c23)CC[C@@H](C)C4)CC1. The second-order valence-corrected chi connectivity index (χ2v) is 9.38. The topological polar surface area (TPSA) is 58.3 Å². The molecular weight excluding hydrogens is 370 g/mol. The molecule has 0 N–H and O–H groups in total. The Bertz CT molecular complexity index is 982. The summed E-state index contributed by atoms with van der Waals surface area (Å²) in [4.78, 5) is 17.0. The van der Waals surface area contributed by atoms with Crippen LogP contribution in [0.4, 0.5) is 5.82 Å². The molecule has 6 nitrogen and oxygen atoms in total. The van der Waals surface area contributed by atoms with E-state index >= 15 is 0 Å². The van der Waals surface area contributed by atoms with Gasteiger partial charge in [-0.2, -0.15) is 0 Å². The van der Waals surface area contributed by atoms with Crippen LogP contribution in [0.3, 0.4) is 0 Å². The highest BCUT2D eigenvalue weighted by Crippen LogP contribution is 2.40. The van der Waals surface area contributed by atoms with Gasteiger partial charge in [0.15, 0.2) is 0 Å². The van der Waals surface area contributed by atoms with Crippen molar-refractivity contribution in [3.63, 3.8) is 0 Å². The van der Waals surface area contributed by atoms with Crippen LogP contribution in [0.5, 0.6) is 0 Å². The molecule has 0 aromatic carbocycles. The molecular formula is C21H27N5OS. The quantitative estimate of drug-likeness (QED) is 0.671. The van der Waals surface area contributed by atoms with E-state index in [-0.39, 0.29) is 0 Å². The van der Waals surface area contributed by atoms with E-state index in [1.165, 1.54) is 45.5 Å². The van der Waals surface area contributed by atoms with Gasteiger partial charge in [0.25, 0.3) is 0 Å². The minimum atomic E-state index is 0.782. The number of hydrogen-bond donors (Lipinski definition) is 0. The van der Waals surface area contributed by atoms with Crippen molar-refractivity contribution in [2.45, 2.75) is 46.6 Å². The van der Waals surface area contributed by atoms with Crippen LogP contribution >= 0.6 is 11.3 Å². The lowest BCUT2D eigenvalue weighted by atomic mass is 9.89. The predicted octanol–water partition coefficient (Wildman–Crippen LogP) is 3.74. The molecule has 5 rings (SSSR count). The molecule has 0 saturated carbocycles. The first-order valence-electron chi connectivity index (χ1n) is 10.2. The van der Waals surface area contributed by atoms with Crippen molar-refractivity contribution in [1.29, 1.82) is 0 Å². The Kier molecular flexibility index (Phi) is 4.59. The number of anilines is 1. The van der Waals surface area contributed by atoms with Gasteiger partial charge in [-0.1, -0.05) is 12.1 Å². The lowest BCUT2D eigenvalue weighted by molar-refractivity contribution is 0.247. The van der Waals surface area contributed by atoms with Gasteiger partial charge in [0.05, 0.1) is 11.1 Å². The third-order valence-corrected chi connectivity index (χ3v) is 7.47. The van der Waals surface area contributed by atoms with Crippen LogP contribution in [-0.4, -0.2) is 46.2 Å². The Morgan fingerprint density at radius 3 is 2.75 bits per heavy atom. The zero-order valence-electron chi connectivity index (χ0n) is 16.9. The van der Waals surface area contributed by atoms with Gasteiger partial charge in [-0.05, 0) is 44.6 Å². The smallest absolute Gasteiger partial charge is 0.141 e. The molecule has 0 bridgehead atoms. The van der Waals surface area contributed by atoms with Crippen molar-refractivity contribution in [2.75, 3.05) is 31.1 Å². The van der Waals surface area contributed by atoms with E-state index in [1.807, 2.05) is 25.2 Å². The van der Waals surface area contributed by atoms with Crippen molar-refractivity contribution in [2.24, 2.45) is 5.92 Å². The molecule has 0 amide bonds. The van der Waals surface area contributed by atoms with Crippen LogP contribution in [-0.2, 0) is 19.4 Å². The summed E-state index contributed by atoms with van der Waals surface area (Å²) in [7, 11) is 0. The molecule has 2 aliphatic rings. The van der Waals surface area contributed by atoms with E-state index in [0.717, 1.165) is 55.9 Å². The van der Waals surface area contributed by atoms with Crippen LogP contribution in [0.1, 0.15) is 40.8 Å². The highest BCUT2D eigenvalue weighted by atomic mass is 32.1. The Hall–Kier alpha value is -1.99. The molecule has 1 aliphatic carbocycles. The van der Waals surface area contributed by atoms with Crippen LogP contribution in [0.25, 0.3) is 10.2 Å². The van der Waals surface area contributed by atoms with Crippen molar-refractivity contribution >= 4 is 27.4 Å². The summed E-state index contributed by atoms with van der Waals surface area (Å²) in [5.74, 6) is 2.87. The fourth-order valence-corrected chi connectivity index (χ4v) is 5.91. The highest BCUT2D eigenvalue weighted by molar-refractivity contribution is 7.19. The summed E-state index contributed by atoms with van der Waals surface area (Å²) < 4.78 is 5.32. The van der Waals surface area contributed by atoms with Gasteiger partial charge in [0, 0.05) is 43.2 Å². The maximum absolute atomic E-state index is 5.32. The Morgan fingerprint density at radius 1 is 1.18 bits per heavy atom. The normalized spacial score (nSPS) is 20.7. The molecule has 0 unspecified atom stereocenters. The van der Waals surface area contributed by atoms with Crippen LogP contribution in [0.2, 0.25) is 0 Å². The standard InChI is InChI=1S/C21H27N5OS/c1-13-4-5-16-18(10-13)28-21-19(16)20(22-12-23-21)26-8-6-25(7-9-26)11-17-14(2)24-27-15(17)3/h12-13H,4-11H2,1-3H3/t13-/m1/s1. The second kappa shape index (κ2) is 7.12. The minimum absolute atomic E-state index is 0.782. The number of rotatable bonds is 3. The molecule has 0 spiro atoms. The first-order chi connectivity index (χ1) is 13.6. The van der Waals surface area contributed by atoms with E-state index in [0.29, 0.717) is 0 Å². The van der Waals surface area contributed by atoms with E-state index in [9.17, 15) is 0 Å². The van der Waals surface area contributed by atoms with Crippen molar-refractivity contribution in [1.82, 2.24) is 20.0 Å². The number of nitrogens with zero attached hydrogens (tertiary/aromatic N) is 5. The molecule has 7 heteroatoms. The summed E-state index contributed by atoms with van der Waals surface area (Å²) >= 11 is 1.88. The molecule has 148 valence electrons. The molecule has 0 radical (unpaired) electrons. The highest BCUT2D eigenvalue weighted by Gasteiger charge is 2.27. The first kappa shape index (κ1) is 18.1. The number of aromatic nitrogens is 3. The summed E-state index contributed by atoms with van der Waals surface area (Å²) in [6.45, 7) is 11.4. The van der Waals surface area contributed by atoms with E-state index < -0.39 is 0 Å². The van der Waals surface area contributed by atoms with Gasteiger partial charge < -0.3 is 9.42 Å². The number of thiophene rings is 1. The third kappa shape index (κ3) is 3.10. The van der Waals surface area contributed by atoms with Gasteiger partial charge in [0.1, 0.15) is 22.7 Å². The van der Waals surface area contributed by atoms with E-state index in [1.54, 1.807) is 6.33 Å². The summed E-state index contributed by atoms with van der Waals surface area (Å²) in [6.07, 6.45) is 5.39. The van der Waals surface area contributed by atoms with Gasteiger partial charge >= 0.3 is 0 Å². The number of piperazine rings is 1.